The summed E-state index contributed by atoms with van der Waals surface area (Å²) in [6.45, 7) is 0.402. The van der Waals surface area contributed by atoms with Crippen LogP contribution in [0.15, 0.2) is 118 Å². The number of nitrogens with zero attached hydrogens (tertiary/aromatic N) is 2. The van der Waals surface area contributed by atoms with Gasteiger partial charge in [-0.3, -0.25) is 9.36 Å². The third-order valence-electron chi connectivity index (χ3n) is 9.34. The molecule has 0 fully saturated rings. The van der Waals surface area contributed by atoms with Crippen LogP contribution >= 0.6 is 11.3 Å². The quantitative estimate of drug-likeness (QED) is 0.174. The van der Waals surface area contributed by atoms with Gasteiger partial charge >= 0.3 is 0 Å². The van der Waals surface area contributed by atoms with Crippen LogP contribution < -0.4 is 33.8 Å². The van der Waals surface area contributed by atoms with Crippen molar-refractivity contribution in [1.82, 2.24) is 4.57 Å². The molecule has 1 aliphatic heterocycles. The van der Waals surface area contributed by atoms with E-state index < -0.39 is 0 Å². The first-order valence-electron chi connectivity index (χ1n) is 16.2. The van der Waals surface area contributed by atoms with E-state index in [9.17, 15) is 4.79 Å². The van der Waals surface area contributed by atoms with E-state index in [1.165, 1.54) is 22.3 Å². The Kier molecular flexibility index (Phi) is 8.01. The molecule has 1 aliphatic carbocycles. The second-order valence-electron chi connectivity index (χ2n) is 12.1. The number of fused-ring (bicyclic) bond motifs is 4. The highest BCUT2D eigenvalue weighted by atomic mass is 32.1. The van der Waals surface area contributed by atoms with Gasteiger partial charge in [0.15, 0.2) is 27.8 Å². The third kappa shape index (κ3) is 5.48. The number of hydrogen-bond donors (Lipinski definition) is 0. The minimum Gasteiger partial charge on any atom is -0.493 e. The molecule has 7 nitrogen and oxygen atoms in total. The second kappa shape index (κ2) is 12.8. The Morgan fingerprint density at radius 2 is 1.55 bits per heavy atom. The van der Waals surface area contributed by atoms with Gasteiger partial charge in [0.25, 0.3) is 5.56 Å². The highest BCUT2D eigenvalue weighted by Crippen LogP contribution is 2.43. The van der Waals surface area contributed by atoms with Gasteiger partial charge in [0.05, 0.1) is 37.6 Å². The largest absolute Gasteiger partial charge is 0.493 e. The van der Waals surface area contributed by atoms with Crippen molar-refractivity contribution in [3.8, 4) is 23.0 Å². The van der Waals surface area contributed by atoms with Crippen molar-refractivity contribution in [2.24, 2.45) is 4.99 Å². The van der Waals surface area contributed by atoms with Gasteiger partial charge in [-0.1, -0.05) is 90.2 Å². The summed E-state index contributed by atoms with van der Waals surface area (Å²) in [5.74, 6) is 2.48. The van der Waals surface area contributed by atoms with E-state index in [1.807, 2.05) is 71.3 Å². The van der Waals surface area contributed by atoms with Gasteiger partial charge in [-0.15, -0.1) is 0 Å². The number of aryl methyl sites for hydroxylation is 1. The monoisotopic (exact) mass is 666 g/mol. The van der Waals surface area contributed by atoms with Crippen molar-refractivity contribution in [1.29, 1.82) is 0 Å². The summed E-state index contributed by atoms with van der Waals surface area (Å²) in [7, 11) is 4.88. The molecule has 6 aromatic rings. The molecule has 0 unspecified atom stereocenters. The van der Waals surface area contributed by atoms with Gasteiger partial charge in [0.1, 0.15) is 6.61 Å². The van der Waals surface area contributed by atoms with E-state index in [0.717, 1.165) is 51.8 Å². The summed E-state index contributed by atoms with van der Waals surface area (Å²) < 4.78 is 25.6. The lowest BCUT2D eigenvalue weighted by molar-refractivity contribution is 0.285. The van der Waals surface area contributed by atoms with Crippen molar-refractivity contribution in [2.45, 2.75) is 25.5 Å². The molecule has 244 valence electrons. The third-order valence-corrected chi connectivity index (χ3v) is 10.3. The molecule has 0 N–H and O–H groups in total. The van der Waals surface area contributed by atoms with Gasteiger partial charge in [-0.25, -0.2) is 4.99 Å². The summed E-state index contributed by atoms with van der Waals surface area (Å²) in [6, 6.07) is 34.2. The van der Waals surface area contributed by atoms with Crippen LogP contribution in [0.1, 0.15) is 40.3 Å². The minimum atomic E-state index is -0.332. The molecule has 0 bridgehead atoms. The highest BCUT2D eigenvalue weighted by Gasteiger charge is 2.33. The number of hydrogen-bond acceptors (Lipinski definition) is 7. The number of methoxy groups -OCH3 is 3. The predicted molar refractivity (Wildman–Crippen MR) is 194 cm³/mol. The van der Waals surface area contributed by atoms with Crippen LogP contribution in [-0.2, 0) is 13.0 Å². The van der Waals surface area contributed by atoms with Crippen LogP contribution in [0, 0.1) is 0 Å². The van der Waals surface area contributed by atoms with E-state index in [1.54, 1.807) is 21.3 Å². The maximum atomic E-state index is 14.3. The maximum absolute atomic E-state index is 14.3. The lowest BCUT2D eigenvalue weighted by atomic mass is 9.83. The molecule has 0 saturated carbocycles. The number of allylic oxidation sites excluding steroid dienone is 1. The first kappa shape index (κ1) is 30.7. The molecule has 2 aliphatic rings. The van der Waals surface area contributed by atoms with Crippen LogP contribution in [0.5, 0.6) is 23.0 Å². The molecule has 8 rings (SSSR count). The summed E-state index contributed by atoms with van der Waals surface area (Å²) in [4.78, 5) is 20.1. The first-order valence-corrected chi connectivity index (χ1v) is 17.0. The van der Waals surface area contributed by atoms with E-state index in [0.29, 0.717) is 38.9 Å². The Bertz CT molecular complexity index is 2450. The number of aromatic nitrogens is 1. The van der Waals surface area contributed by atoms with Crippen LogP contribution in [0.2, 0.25) is 0 Å². The van der Waals surface area contributed by atoms with E-state index >= 15 is 0 Å². The molecular weight excluding hydrogens is 633 g/mol. The fraction of sp³-hybridized carbons (Fsp3) is 0.171. The minimum absolute atomic E-state index is 0.0933. The zero-order valence-electron chi connectivity index (χ0n) is 27.4. The van der Waals surface area contributed by atoms with E-state index in [2.05, 4.69) is 42.5 Å². The summed E-state index contributed by atoms with van der Waals surface area (Å²) in [5, 5.41) is 2.33. The van der Waals surface area contributed by atoms with Crippen molar-refractivity contribution in [3.63, 3.8) is 0 Å². The summed E-state index contributed by atoms with van der Waals surface area (Å²) in [5.41, 5.74) is 7.24. The number of benzene rings is 5. The molecule has 49 heavy (non-hydrogen) atoms. The fourth-order valence-electron chi connectivity index (χ4n) is 6.96. The molecular formula is C41H34N2O5S. The topological polar surface area (TPSA) is 71.3 Å². The number of thiazole rings is 1. The smallest absolute Gasteiger partial charge is 0.271 e. The summed E-state index contributed by atoms with van der Waals surface area (Å²) in [6.07, 6.45) is 3.59. The Labute approximate surface area is 287 Å². The van der Waals surface area contributed by atoms with Crippen molar-refractivity contribution >= 4 is 33.9 Å². The molecule has 1 atom stereocenters. The zero-order chi connectivity index (χ0) is 33.5. The van der Waals surface area contributed by atoms with E-state index in [-0.39, 0.29) is 11.6 Å². The predicted octanol–water partition coefficient (Wildman–Crippen LogP) is 7.08. The van der Waals surface area contributed by atoms with Gasteiger partial charge < -0.3 is 18.9 Å². The highest BCUT2D eigenvalue weighted by molar-refractivity contribution is 7.07. The lowest BCUT2D eigenvalue weighted by Crippen LogP contribution is -2.38. The Balaban J connectivity index is 1.20. The standard InChI is InChI=1S/C41H34N2O5S/c1-45-33-20-17-28(23-36(33)47-3)39-32-18-16-27-10-5-7-14-31(27)38(32)42-41-43(39)40(44)37(49-41)22-25-15-19-34(35(21-25)46-2)48-24-29-12-8-11-26-9-4-6-13-30(26)29/h4-15,17,19-23,39H,16,18,24H2,1-3H3/b37-22+/t39-/m0/s1. The summed E-state index contributed by atoms with van der Waals surface area (Å²) >= 11 is 1.40. The molecule has 8 heteroatoms. The molecule has 2 heterocycles. The maximum Gasteiger partial charge on any atom is 0.271 e. The van der Waals surface area contributed by atoms with Crippen LogP contribution in [-0.4, -0.2) is 25.9 Å². The first-order chi connectivity index (χ1) is 24.1. The number of rotatable bonds is 8. The van der Waals surface area contributed by atoms with Gasteiger partial charge in [0, 0.05) is 5.56 Å². The van der Waals surface area contributed by atoms with Crippen molar-refractivity contribution < 1.29 is 18.9 Å². The van der Waals surface area contributed by atoms with Gasteiger partial charge in [-0.2, -0.15) is 0 Å². The van der Waals surface area contributed by atoms with Crippen LogP contribution in [0.4, 0.5) is 0 Å². The molecule has 5 aromatic carbocycles. The van der Waals surface area contributed by atoms with Crippen molar-refractivity contribution in [2.75, 3.05) is 21.3 Å². The van der Waals surface area contributed by atoms with Gasteiger partial charge in [-0.05, 0) is 81.8 Å². The number of ether oxygens (including phenoxy) is 4. The normalized spacial score (nSPS) is 15.2. The van der Waals surface area contributed by atoms with Crippen LogP contribution in [0.25, 0.3) is 22.5 Å². The molecule has 1 aromatic heterocycles. The second-order valence-corrected chi connectivity index (χ2v) is 13.1. The SMILES string of the molecule is COc1ccc([C@H]2C3=C(N=c4s/c(=C/c5ccc(OCc6cccc7ccccc67)c(OC)c5)c(=O)n42)c2ccccc2CC3)cc1OC. The van der Waals surface area contributed by atoms with Crippen LogP contribution in [0.3, 0.4) is 0 Å². The Hall–Kier alpha value is -5.60. The fourth-order valence-corrected chi connectivity index (χ4v) is 7.96. The molecule has 0 spiro atoms. The average molecular weight is 667 g/mol. The average Bonchev–Trinajstić information content (AvgIpc) is 3.46. The Morgan fingerprint density at radius 1 is 0.796 bits per heavy atom. The molecule has 0 radical (unpaired) electrons. The molecule has 0 amide bonds. The zero-order valence-corrected chi connectivity index (χ0v) is 28.3. The molecule has 0 saturated heterocycles. The van der Waals surface area contributed by atoms with E-state index in [4.69, 9.17) is 23.9 Å². The lowest BCUT2D eigenvalue weighted by Gasteiger charge is -2.31. The van der Waals surface area contributed by atoms with Gasteiger partial charge in [0.2, 0.25) is 0 Å². The Morgan fingerprint density at radius 3 is 2.41 bits per heavy atom. The van der Waals surface area contributed by atoms with Crippen molar-refractivity contribution in [3.05, 3.63) is 156 Å².